The molecule has 1 fully saturated rings. The van der Waals surface area contributed by atoms with Gasteiger partial charge in [-0.1, -0.05) is 17.7 Å². The van der Waals surface area contributed by atoms with Gasteiger partial charge in [0.25, 0.3) is 0 Å². The van der Waals surface area contributed by atoms with E-state index in [9.17, 15) is 18.3 Å². The molecule has 2 rings (SSSR count). The maximum absolute atomic E-state index is 12.6. The molecule has 2 N–H and O–H groups in total. The molecule has 1 saturated heterocycles. The largest absolute Gasteiger partial charge is 0.480 e. The summed E-state index contributed by atoms with van der Waals surface area (Å²) in [6.07, 6.45) is -1.03. The highest BCUT2D eigenvalue weighted by atomic mass is 32.2. The Bertz CT molecular complexity index is 640. The van der Waals surface area contributed by atoms with Gasteiger partial charge in [-0.15, -0.1) is 0 Å². The van der Waals surface area contributed by atoms with Gasteiger partial charge in [-0.2, -0.15) is 4.31 Å². The van der Waals surface area contributed by atoms with E-state index in [2.05, 4.69) is 0 Å². The van der Waals surface area contributed by atoms with Crippen LogP contribution in [-0.4, -0.2) is 47.6 Å². The molecule has 2 atom stereocenters. The third-order valence-corrected chi connectivity index (χ3v) is 5.47. The molecule has 1 aliphatic heterocycles. The van der Waals surface area contributed by atoms with Crippen LogP contribution in [0.5, 0.6) is 0 Å². The number of aliphatic hydroxyl groups excluding tert-OH is 1. The summed E-state index contributed by atoms with van der Waals surface area (Å²) in [5.74, 6) is -1.24. The van der Waals surface area contributed by atoms with Gasteiger partial charge in [0.2, 0.25) is 10.0 Å². The molecular formula is C13H17NO5S. The highest BCUT2D eigenvalue weighted by molar-refractivity contribution is 7.89. The van der Waals surface area contributed by atoms with Crippen LogP contribution in [0, 0.1) is 13.8 Å². The molecule has 0 unspecified atom stereocenters. The topological polar surface area (TPSA) is 94.9 Å². The summed E-state index contributed by atoms with van der Waals surface area (Å²) in [5, 5.41) is 18.7. The summed E-state index contributed by atoms with van der Waals surface area (Å²) in [7, 11) is -3.92. The molecular weight excluding hydrogens is 282 g/mol. The lowest BCUT2D eigenvalue weighted by atomic mass is 10.2. The van der Waals surface area contributed by atoms with Crippen LogP contribution in [0.2, 0.25) is 0 Å². The number of sulfonamides is 1. The first-order chi connectivity index (χ1) is 9.23. The van der Waals surface area contributed by atoms with Crippen molar-refractivity contribution in [2.24, 2.45) is 0 Å². The molecule has 1 heterocycles. The lowest BCUT2D eigenvalue weighted by Crippen LogP contribution is -2.40. The molecule has 6 nitrogen and oxygen atoms in total. The number of carbonyl (C=O) groups is 1. The standard InChI is InChI=1S/C13H17NO5S/c1-8-3-4-12(9(2)5-8)20(18,19)14-7-10(15)6-11(14)13(16)17/h3-5,10-11,15H,6-7H2,1-2H3,(H,16,17)/t10-,11-/m0/s1. The van der Waals surface area contributed by atoms with E-state index in [1.54, 1.807) is 19.1 Å². The van der Waals surface area contributed by atoms with Crippen molar-refractivity contribution in [3.63, 3.8) is 0 Å². The quantitative estimate of drug-likeness (QED) is 0.848. The summed E-state index contributed by atoms with van der Waals surface area (Å²) in [4.78, 5) is 11.2. The average Bonchev–Trinajstić information content (AvgIpc) is 2.71. The second-order valence-corrected chi connectivity index (χ2v) is 6.95. The van der Waals surface area contributed by atoms with E-state index in [0.717, 1.165) is 9.87 Å². The van der Waals surface area contributed by atoms with E-state index in [-0.39, 0.29) is 17.9 Å². The summed E-state index contributed by atoms with van der Waals surface area (Å²) in [5.41, 5.74) is 1.49. The van der Waals surface area contributed by atoms with Crippen molar-refractivity contribution >= 4 is 16.0 Å². The zero-order valence-electron chi connectivity index (χ0n) is 11.3. The summed E-state index contributed by atoms with van der Waals surface area (Å²) >= 11 is 0. The van der Waals surface area contributed by atoms with Gasteiger partial charge in [0.05, 0.1) is 11.0 Å². The lowest BCUT2D eigenvalue weighted by Gasteiger charge is -2.21. The molecule has 0 amide bonds. The van der Waals surface area contributed by atoms with Crippen LogP contribution in [-0.2, 0) is 14.8 Å². The summed E-state index contributed by atoms with van der Waals surface area (Å²) < 4.78 is 26.0. The minimum absolute atomic E-state index is 0.0839. The van der Waals surface area contributed by atoms with E-state index in [1.807, 2.05) is 6.92 Å². The van der Waals surface area contributed by atoms with Crippen molar-refractivity contribution < 1.29 is 23.4 Å². The van der Waals surface area contributed by atoms with Crippen molar-refractivity contribution in [2.45, 2.75) is 37.3 Å². The molecule has 0 saturated carbocycles. The monoisotopic (exact) mass is 299 g/mol. The Morgan fingerprint density at radius 3 is 2.55 bits per heavy atom. The van der Waals surface area contributed by atoms with Crippen LogP contribution in [0.1, 0.15) is 17.5 Å². The molecule has 0 aliphatic carbocycles. The number of carboxylic acid groups (broad SMARTS) is 1. The van der Waals surface area contributed by atoms with Crippen molar-refractivity contribution in [2.75, 3.05) is 6.54 Å². The number of aliphatic hydroxyl groups is 1. The zero-order valence-corrected chi connectivity index (χ0v) is 12.1. The fourth-order valence-corrected chi connectivity index (χ4v) is 4.33. The van der Waals surface area contributed by atoms with Crippen molar-refractivity contribution in [3.05, 3.63) is 29.3 Å². The summed E-state index contributed by atoms with van der Waals surface area (Å²) in [6.45, 7) is 3.33. The zero-order chi connectivity index (χ0) is 15.1. The molecule has 0 radical (unpaired) electrons. The number of β-amino-alcohol motifs (C(OH)–C–C–N with tert-alkyl or cyclic N) is 1. The number of carboxylic acids is 1. The Balaban J connectivity index is 2.46. The number of benzene rings is 1. The smallest absolute Gasteiger partial charge is 0.322 e. The minimum atomic E-state index is -3.92. The van der Waals surface area contributed by atoms with Crippen LogP contribution in [0.4, 0.5) is 0 Å². The first-order valence-corrected chi connectivity index (χ1v) is 7.67. The fourth-order valence-electron chi connectivity index (χ4n) is 2.49. The third-order valence-electron chi connectivity index (χ3n) is 3.44. The highest BCUT2D eigenvalue weighted by Gasteiger charge is 2.43. The Kier molecular flexibility index (Phi) is 3.86. The van der Waals surface area contributed by atoms with Crippen molar-refractivity contribution in [3.8, 4) is 0 Å². The Labute approximate surface area is 117 Å². The predicted octanol–water partition coefficient (Wildman–Crippen LogP) is 0.512. The lowest BCUT2D eigenvalue weighted by molar-refractivity contribution is -0.140. The van der Waals surface area contributed by atoms with Crippen molar-refractivity contribution in [1.29, 1.82) is 0 Å². The second-order valence-electron chi connectivity index (χ2n) is 5.09. The number of rotatable bonds is 3. The Hall–Kier alpha value is -1.44. The first-order valence-electron chi connectivity index (χ1n) is 6.23. The molecule has 0 aromatic heterocycles. The molecule has 0 bridgehead atoms. The summed E-state index contributed by atoms with van der Waals surface area (Å²) in [6, 6.07) is 3.66. The number of hydrogen-bond donors (Lipinski definition) is 2. The van der Waals surface area contributed by atoms with Crippen LogP contribution in [0.15, 0.2) is 23.1 Å². The molecule has 1 aromatic rings. The van der Waals surface area contributed by atoms with E-state index in [0.29, 0.717) is 5.56 Å². The van der Waals surface area contributed by atoms with Gasteiger partial charge < -0.3 is 10.2 Å². The molecule has 20 heavy (non-hydrogen) atoms. The third kappa shape index (κ3) is 2.56. The maximum Gasteiger partial charge on any atom is 0.322 e. The van der Waals surface area contributed by atoms with E-state index >= 15 is 0 Å². The van der Waals surface area contributed by atoms with Crippen LogP contribution < -0.4 is 0 Å². The molecule has 1 aromatic carbocycles. The average molecular weight is 299 g/mol. The van der Waals surface area contributed by atoms with E-state index in [4.69, 9.17) is 5.11 Å². The number of nitrogens with zero attached hydrogens (tertiary/aromatic N) is 1. The number of aryl methyl sites for hydroxylation is 2. The molecule has 7 heteroatoms. The van der Waals surface area contributed by atoms with Crippen LogP contribution in [0.3, 0.4) is 0 Å². The van der Waals surface area contributed by atoms with E-state index in [1.165, 1.54) is 6.07 Å². The molecule has 1 aliphatic rings. The Morgan fingerprint density at radius 1 is 1.35 bits per heavy atom. The first kappa shape index (κ1) is 15.0. The molecule has 0 spiro atoms. The van der Waals surface area contributed by atoms with Gasteiger partial charge in [0.15, 0.2) is 0 Å². The SMILES string of the molecule is Cc1ccc(S(=O)(=O)N2C[C@@H](O)C[C@H]2C(=O)O)c(C)c1. The van der Waals surface area contributed by atoms with Gasteiger partial charge in [-0.3, -0.25) is 4.79 Å². The normalized spacial score (nSPS) is 23.9. The number of aliphatic carboxylic acids is 1. The van der Waals surface area contributed by atoms with Gasteiger partial charge in [0, 0.05) is 13.0 Å². The highest BCUT2D eigenvalue weighted by Crippen LogP contribution is 2.28. The van der Waals surface area contributed by atoms with Gasteiger partial charge in [-0.05, 0) is 25.5 Å². The fraction of sp³-hybridized carbons (Fsp3) is 0.462. The maximum atomic E-state index is 12.6. The Morgan fingerprint density at radius 2 is 2.00 bits per heavy atom. The van der Waals surface area contributed by atoms with Crippen molar-refractivity contribution in [1.82, 2.24) is 4.31 Å². The van der Waals surface area contributed by atoms with Gasteiger partial charge in [-0.25, -0.2) is 8.42 Å². The minimum Gasteiger partial charge on any atom is -0.480 e. The molecule has 110 valence electrons. The van der Waals surface area contributed by atoms with Crippen LogP contribution >= 0.6 is 0 Å². The van der Waals surface area contributed by atoms with E-state index < -0.39 is 28.1 Å². The van der Waals surface area contributed by atoms with Crippen LogP contribution in [0.25, 0.3) is 0 Å². The predicted molar refractivity (Wildman–Crippen MR) is 71.9 cm³/mol. The van der Waals surface area contributed by atoms with Gasteiger partial charge >= 0.3 is 5.97 Å². The second kappa shape index (κ2) is 5.16. The van der Waals surface area contributed by atoms with Gasteiger partial charge in [0.1, 0.15) is 6.04 Å². The number of hydrogen-bond acceptors (Lipinski definition) is 4.